The predicted octanol–water partition coefficient (Wildman–Crippen LogP) is 8.52. The van der Waals surface area contributed by atoms with E-state index in [-0.39, 0.29) is 0 Å². The smallest absolute Gasteiger partial charge is 0.0465 e. The molecular weight excluding hydrogens is 434 g/mol. The summed E-state index contributed by atoms with van der Waals surface area (Å²) in [6.07, 6.45) is 14.1. The van der Waals surface area contributed by atoms with Gasteiger partial charge in [-0.15, -0.1) is 0 Å². The SMILES string of the molecule is C1=C(c2ccc3[nH]c4ccccc4c3c2)C=C2c3ccccc3C3(C2C1)C1CC2CC4CC3C1(C2)C4. The van der Waals surface area contributed by atoms with Crippen molar-refractivity contribution < 1.29 is 0 Å². The summed E-state index contributed by atoms with van der Waals surface area (Å²) < 4.78 is 0. The molecule has 5 atom stereocenters. The van der Waals surface area contributed by atoms with Gasteiger partial charge < -0.3 is 4.98 Å². The first-order chi connectivity index (χ1) is 17.8. The highest BCUT2D eigenvalue weighted by molar-refractivity contribution is 6.08. The average molecular weight is 466 g/mol. The number of aromatic nitrogens is 1. The standard InChI is InChI=1S/C35H31N/c1-3-7-28-24(5-1)26-16-22(23-10-12-31-27(17-23)25-6-2-4-8-30(25)36-31)9-11-29(26)35(28)32-14-20-13-21-15-33(35)34(32,18-20)19-21/h1-10,12,16-17,20-21,29,32-33,36H,11,13-15,18-19H2. The molecule has 0 amide bonds. The van der Waals surface area contributed by atoms with E-state index in [9.17, 15) is 0 Å². The van der Waals surface area contributed by atoms with E-state index in [0.29, 0.717) is 16.7 Å². The molecule has 6 aliphatic rings. The lowest BCUT2D eigenvalue weighted by molar-refractivity contribution is -0.124. The molecule has 1 heteroatoms. The van der Waals surface area contributed by atoms with Crippen LogP contribution in [0.2, 0.25) is 0 Å². The number of aromatic amines is 1. The summed E-state index contributed by atoms with van der Waals surface area (Å²) in [6, 6.07) is 25.4. The number of hydrogen-bond acceptors (Lipinski definition) is 0. The van der Waals surface area contributed by atoms with Crippen LogP contribution in [0.5, 0.6) is 0 Å². The fourth-order valence-electron chi connectivity index (χ4n) is 11.4. The van der Waals surface area contributed by atoms with Gasteiger partial charge in [0.25, 0.3) is 0 Å². The second kappa shape index (κ2) is 6.08. The second-order valence-electron chi connectivity index (χ2n) is 13.1. The Morgan fingerprint density at radius 1 is 0.750 bits per heavy atom. The highest BCUT2D eigenvalue weighted by Gasteiger charge is 2.80. The number of para-hydroxylation sites is 1. The van der Waals surface area contributed by atoms with Gasteiger partial charge in [0.05, 0.1) is 0 Å². The van der Waals surface area contributed by atoms with Gasteiger partial charge in [-0.1, -0.05) is 60.7 Å². The molecule has 2 spiro atoms. The predicted molar refractivity (Wildman–Crippen MR) is 147 cm³/mol. The third-order valence-electron chi connectivity index (χ3n) is 12.1. The van der Waals surface area contributed by atoms with Crippen LogP contribution < -0.4 is 0 Å². The van der Waals surface area contributed by atoms with Crippen LogP contribution in [-0.2, 0) is 5.41 Å². The highest BCUT2D eigenvalue weighted by atomic mass is 14.8. The summed E-state index contributed by atoms with van der Waals surface area (Å²) in [5.74, 6) is 4.60. The first kappa shape index (κ1) is 19.1. The van der Waals surface area contributed by atoms with Crippen LogP contribution in [0.4, 0.5) is 0 Å². The van der Waals surface area contributed by atoms with Crippen LogP contribution in [0, 0.1) is 35.0 Å². The van der Waals surface area contributed by atoms with Gasteiger partial charge in [0.2, 0.25) is 0 Å². The van der Waals surface area contributed by atoms with Crippen molar-refractivity contribution >= 4 is 33.0 Å². The van der Waals surface area contributed by atoms with Crippen LogP contribution in [0.3, 0.4) is 0 Å². The third-order valence-corrected chi connectivity index (χ3v) is 12.1. The summed E-state index contributed by atoms with van der Waals surface area (Å²) >= 11 is 0. The average Bonchev–Trinajstić information content (AvgIpc) is 3.58. The zero-order valence-corrected chi connectivity index (χ0v) is 20.6. The van der Waals surface area contributed by atoms with E-state index in [4.69, 9.17) is 0 Å². The minimum atomic E-state index is 0.426. The molecule has 3 aromatic carbocycles. The Morgan fingerprint density at radius 3 is 2.42 bits per heavy atom. The Balaban J connectivity index is 1.13. The van der Waals surface area contributed by atoms with Crippen molar-refractivity contribution in [1.82, 2.24) is 4.98 Å². The number of fused-ring (bicyclic) bond motifs is 12. The summed E-state index contributed by atoms with van der Waals surface area (Å²) in [6.45, 7) is 0. The lowest BCUT2D eigenvalue weighted by Gasteiger charge is -2.66. The van der Waals surface area contributed by atoms with Crippen LogP contribution in [0.15, 0.2) is 78.9 Å². The third kappa shape index (κ3) is 1.96. The topological polar surface area (TPSA) is 15.8 Å². The maximum Gasteiger partial charge on any atom is 0.0465 e. The zero-order valence-electron chi connectivity index (χ0n) is 20.6. The molecule has 4 saturated carbocycles. The maximum atomic E-state index is 3.60. The normalized spacial score (nSPS) is 38.7. The molecule has 4 aromatic rings. The summed E-state index contributed by atoms with van der Waals surface area (Å²) in [5, 5.41) is 2.67. The first-order valence-electron chi connectivity index (χ1n) is 14.3. The number of benzene rings is 3. The number of nitrogens with one attached hydrogen (secondary N) is 1. The largest absolute Gasteiger partial charge is 0.355 e. The van der Waals surface area contributed by atoms with Gasteiger partial charge >= 0.3 is 0 Å². The van der Waals surface area contributed by atoms with E-state index in [1.165, 1.54) is 52.2 Å². The minimum Gasteiger partial charge on any atom is -0.355 e. The molecule has 0 saturated heterocycles. The molecule has 1 nitrogen and oxygen atoms in total. The molecule has 0 radical (unpaired) electrons. The molecule has 1 heterocycles. The zero-order chi connectivity index (χ0) is 23.2. The highest BCUT2D eigenvalue weighted by Crippen LogP contribution is 2.86. The van der Waals surface area contributed by atoms with E-state index in [1.807, 2.05) is 0 Å². The van der Waals surface area contributed by atoms with E-state index < -0.39 is 0 Å². The summed E-state index contributed by atoms with van der Waals surface area (Å²) in [4.78, 5) is 3.60. The number of allylic oxidation sites excluding steroid dienone is 4. The molecule has 10 rings (SSSR count). The quantitative estimate of drug-likeness (QED) is 0.290. The molecule has 3 bridgehead atoms. The fraction of sp³-hybridized carbons (Fsp3) is 0.371. The van der Waals surface area contributed by atoms with Crippen molar-refractivity contribution in [2.75, 3.05) is 0 Å². The molecule has 5 unspecified atom stereocenters. The van der Waals surface area contributed by atoms with Crippen molar-refractivity contribution in [3.05, 3.63) is 95.6 Å². The van der Waals surface area contributed by atoms with Crippen molar-refractivity contribution in [2.45, 2.75) is 43.9 Å². The molecule has 6 aliphatic carbocycles. The van der Waals surface area contributed by atoms with Gasteiger partial charge in [0, 0.05) is 27.2 Å². The Bertz CT molecular complexity index is 1670. The summed E-state index contributed by atoms with van der Waals surface area (Å²) in [7, 11) is 0. The van der Waals surface area contributed by atoms with E-state index in [1.54, 1.807) is 36.0 Å². The Hall–Kier alpha value is -3.06. The fourth-order valence-corrected chi connectivity index (χ4v) is 11.4. The Morgan fingerprint density at radius 2 is 1.53 bits per heavy atom. The second-order valence-corrected chi connectivity index (χ2v) is 13.1. The van der Waals surface area contributed by atoms with Gasteiger partial charge in [-0.25, -0.2) is 0 Å². The van der Waals surface area contributed by atoms with Crippen molar-refractivity contribution in [3.8, 4) is 0 Å². The Labute approximate surface area is 212 Å². The molecule has 176 valence electrons. The number of hydrogen-bond donors (Lipinski definition) is 1. The number of rotatable bonds is 1. The van der Waals surface area contributed by atoms with Gasteiger partial charge in [-0.3, -0.25) is 0 Å². The van der Waals surface area contributed by atoms with Crippen LogP contribution in [0.25, 0.3) is 33.0 Å². The van der Waals surface area contributed by atoms with Crippen molar-refractivity contribution in [2.24, 2.45) is 35.0 Å². The maximum absolute atomic E-state index is 3.60. The van der Waals surface area contributed by atoms with Crippen LogP contribution in [0.1, 0.15) is 55.2 Å². The monoisotopic (exact) mass is 465 g/mol. The van der Waals surface area contributed by atoms with Crippen LogP contribution in [-0.4, -0.2) is 4.98 Å². The minimum absolute atomic E-state index is 0.426. The lowest BCUT2D eigenvalue weighted by Crippen LogP contribution is -2.64. The van der Waals surface area contributed by atoms with Crippen molar-refractivity contribution in [3.63, 3.8) is 0 Å². The van der Waals surface area contributed by atoms with E-state index in [0.717, 1.165) is 23.7 Å². The summed E-state index contributed by atoms with van der Waals surface area (Å²) in [5.41, 5.74) is 11.4. The van der Waals surface area contributed by atoms with E-state index in [2.05, 4.69) is 83.9 Å². The lowest BCUT2D eigenvalue weighted by atomic mass is 9.37. The van der Waals surface area contributed by atoms with Crippen molar-refractivity contribution in [1.29, 1.82) is 0 Å². The van der Waals surface area contributed by atoms with Gasteiger partial charge in [0.1, 0.15) is 0 Å². The van der Waals surface area contributed by atoms with Crippen LogP contribution >= 0.6 is 0 Å². The molecule has 36 heavy (non-hydrogen) atoms. The molecular formula is C35H31N. The Kier molecular flexibility index (Phi) is 3.22. The molecule has 1 aromatic heterocycles. The molecule has 4 fully saturated rings. The molecule has 0 aliphatic heterocycles. The van der Waals surface area contributed by atoms with Gasteiger partial charge in [-0.05, 0) is 120 Å². The number of H-pyrrole nitrogens is 1. The van der Waals surface area contributed by atoms with Gasteiger partial charge in [0.15, 0.2) is 0 Å². The van der Waals surface area contributed by atoms with E-state index >= 15 is 0 Å². The van der Waals surface area contributed by atoms with Gasteiger partial charge in [-0.2, -0.15) is 0 Å². The first-order valence-corrected chi connectivity index (χ1v) is 14.3. The molecule has 1 N–H and O–H groups in total.